The summed E-state index contributed by atoms with van der Waals surface area (Å²) in [5.74, 6) is 0.560. The summed E-state index contributed by atoms with van der Waals surface area (Å²) in [6.07, 6.45) is 3.66. The number of aryl methyl sites for hydroxylation is 1. The van der Waals surface area contributed by atoms with Gasteiger partial charge < -0.3 is 14.6 Å². The maximum Gasteiger partial charge on any atom is 0.253 e. The predicted octanol–water partition coefficient (Wildman–Crippen LogP) is 4.98. The molecule has 0 radical (unpaired) electrons. The van der Waals surface area contributed by atoms with E-state index < -0.39 is 0 Å². The number of amides is 2. The summed E-state index contributed by atoms with van der Waals surface area (Å²) in [4.78, 5) is 29.8. The Hall–Kier alpha value is -4.66. The summed E-state index contributed by atoms with van der Waals surface area (Å²) in [6.45, 7) is 5.59. The summed E-state index contributed by atoms with van der Waals surface area (Å²) >= 11 is 0. The SMILES string of the molecule is COc1cccc([C@H](C)NC(=O)c2cn(C)c3ccc(-c4ccn5nc(NC(=O)C(C)C)nc5c4)cc23)c1. The summed E-state index contributed by atoms with van der Waals surface area (Å²) in [5, 5.41) is 11.0. The molecule has 0 fully saturated rings. The Kier molecular flexibility index (Phi) is 6.59. The molecule has 0 aliphatic carbocycles. The van der Waals surface area contributed by atoms with Crippen molar-refractivity contribution < 1.29 is 14.3 Å². The maximum absolute atomic E-state index is 13.4. The van der Waals surface area contributed by atoms with Crippen molar-refractivity contribution in [3.8, 4) is 16.9 Å². The summed E-state index contributed by atoms with van der Waals surface area (Å²) < 4.78 is 8.90. The molecule has 2 amide bonds. The van der Waals surface area contributed by atoms with E-state index in [1.165, 1.54) is 0 Å². The predicted molar refractivity (Wildman–Crippen MR) is 147 cm³/mol. The highest BCUT2D eigenvalue weighted by Gasteiger charge is 2.18. The molecule has 0 saturated heterocycles. The molecule has 0 bridgehead atoms. The van der Waals surface area contributed by atoms with E-state index in [0.717, 1.165) is 33.3 Å². The molecule has 0 aliphatic rings. The summed E-state index contributed by atoms with van der Waals surface area (Å²) in [7, 11) is 3.56. The Balaban J connectivity index is 1.44. The van der Waals surface area contributed by atoms with Gasteiger partial charge in [-0.1, -0.05) is 32.0 Å². The third kappa shape index (κ3) is 4.82. The molecule has 5 aromatic rings. The van der Waals surface area contributed by atoms with Crippen LogP contribution in [-0.2, 0) is 11.8 Å². The molecular weight excluding hydrogens is 480 g/mol. The van der Waals surface area contributed by atoms with E-state index in [4.69, 9.17) is 4.74 Å². The quantitative estimate of drug-likeness (QED) is 0.321. The highest BCUT2D eigenvalue weighted by Crippen LogP contribution is 2.29. The number of nitrogens with one attached hydrogen (secondary N) is 2. The summed E-state index contributed by atoms with van der Waals surface area (Å²) in [5.41, 5.74) is 4.99. The molecule has 2 aromatic carbocycles. The van der Waals surface area contributed by atoms with Crippen molar-refractivity contribution in [3.63, 3.8) is 0 Å². The number of ether oxygens (including phenoxy) is 1. The fourth-order valence-electron chi connectivity index (χ4n) is 4.39. The number of hydrogen-bond acceptors (Lipinski definition) is 5. The van der Waals surface area contributed by atoms with Crippen molar-refractivity contribution in [2.75, 3.05) is 12.4 Å². The Bertz CT molecular complexity index is 1670. The van der Waals surface area contributed by atoms with Crippen LogP contribution < -0.4 is 15.4 Å². The number of hydrogen-bond donors (Lipinski definition) is 2. The number of rotatable bonds is 7. The molecule has 3 aromatic heterocycles. The third-order valence-corrected chi connectivity index (χ3v) is 6.61. The van der Waals surface area contributed by atoms with Crippen LogP contribution in [0.5, 0.6) is 5.75 Å². The van der Waals surface area contributed by atoms with E-state index in [2.05, 4.69) is 20.7 Å². The van der Waals surface area contributed by atoms with Crippen molar-refractivity contribution in [3.05, 3.63) is 78.1 Å². The van der Waals surface area contributed by atoms with Gasteiger partial charge in [-0.3, -0.25) is 14.9 Å². The number of methoxy groups -OCH3 is 1. The van der Waals surface area contributed by atoms with Crippen LogP contribution >= 0.6 is 0 Å². The lowest BCUT2D eigenvalue weighted by atomic mass is 10.0. The Morgan fingerprint density at radius 1 is 1.00 bits per heavy atom. The largest absolute Gasteiger partial charge is 0.497 e. The Labute approximate surface area is 220 Å². The van der Waals surface area contributed by atoms with Gasteiger partial charge in [0.15, 0.2) is 5.65 Å². The van der Waals surface area contributed by atoms with Crippen molar-refractivity contribution in [1.82, 2.24) is 24.5 Å². The second-order valence-corrected chi connectivity index (χ2v) is 9.65. The molecule has 0 spiro atoms. The van der Waals surface area contributed by atoms with Gasteiger partial charge in [-0.05, 0) is 60.0 Å². The van der Waals surface area contributed by atoms with Crippen LogP contribution in [0.25, 0.3) is 27.7 Å². The molecule has 38 heavy (non-hydrogen) atoms. The number of fused-ring (bicyclic) bond motifs is 2. The van der Waals surface area contributed by atoms with Crippen LogP contribution in [0, 0.1) is 5.92 Å². The third-order valence-electron chi connectivity index (χ3n) is 6.61. The van der Waals surface area contributed by atoms with Gasteiger partial charge in [-0.2, -0.15) is 4.98 Å². The molecule has 0 saturated carbocycles. The van der Waals surface area contributed by atoms with Gasteiger partial charge in [0.1, 0.15) is 5.75 Å². The molecule has 5 rings (SSSR count). The number of carbonyl (C=O) groups is 2. The molecule has 0 unspecified atom stereocenters. The van der Waals surface area contributed by atoms with Crippen LogP contribution in [0.15, 0.2) is 67.0 Å². The number of nitrogens with zero attached hydrogens (tertiary/aromatic N) is 4. The number of anilines is 1. The van der Waals surface area contributed by atoms with Gasteiger partial charge in [0.05, 0.1) is 18.7 Å². The van der Waals surface area contributed by atoms with E-state index in [0.29, 0.717) is 11.2 Å². The maximum atomic E-state index is 13.4. The van der Waals surface area contributed by atoms with Gasteiger partial charge in [-0.15, -0.1) is 5.10 Å². The lowest BCUT2D eigenvalue weighted by Crippen LogP contribution is -2.26. The molecule has 2 N–H and O–H groups in total. The van der Waals surface area contributed by atoms with Crippen LogP contribution in [0.3, 0.4) is 0 Å². The first-order valence-electron chi connectivity index (χ1n) is 12.4. The van der Waals surface area contributed by atoms with E-state index >= 15 is 0 Å². The zero-order valence-corrected chi connectivity index (χ0v) is 22.0. The van der Waals surface area contributed by atoms with Gasteiger partial charge >= 0.3 is 0 Å². The minimum atomic E-state index is -0.197. The average molecular weight is 511 g/mol. The Morgan fingerprint density at radius 2 is 1.79 bits per heavy atom. The number of carbonyl (C=O) groups excluding carboxylic acids is 2. The second-order valence-electron chi connectivity index (χ2n) is 9.65. The molecule has 1 atom stereocenters. The smallest absolute Gasteiger partial charge is 0.253 e. The van der Waals surface area contributed by atoms with Crippen molar-refractivity contribution in [2.24, 2.45) is 13.0 Å². The molecule has 0 aliphatic heterocycles. The minimum absolute atomic E-state index is 0.137. The number of pyridine rings is 1. The number of benzene rings is 2. The normalized spacial score (nSPS) is 12.2. The van der Waals surface area contributed by atoms with Gasteiger partial charge in [0.2, 0.25) is 11.9 Å². The van der Waals surface area contributed by atoms with Gasteiger partial charge in [0.25, 0.3) is 5.91 Å². The fraction of sp³-hybridized carbons (Fsp3) is 0.241. The first kappa shape index (κ1) is 25.0. The zero-order chi connectivity index (χ0) is 27.0. The average Bonchev–Trinajstić information content (AvgIpc) is 3.47. The van der Waals surface area contributed by atoms with E-state index in [1.807, 2.05) is 93.2 Å². The first-order valence-corrected chi connectivity index (χ1v) is 12.4. The molecule has 9 heteroatoms. The van der Waals surface area contributed by atoms with Crippen LogP contribution in [0.1, 0.15) is 42.7 Å². The van der Waals surface area contributed by atoms with Crippen LogP contribution in [0.2, 0.25) is 0 Å². The summed E-state index contributed by atoms with van der Waals surface area (Å²) in [6, 6.07) is 17.4. The fourth-order valence-corrected chi connectivity index (χ4v) is 4.39. The van der Waals surface area contributed by atoms with Crippen molar-refractivity contribution >= 4 is 34.3 Å². The van der Waals surface area contributed by atoms with Gasteiger partial charge in [0, 0.05) is 36.3 Å². The molecule has 3 heterocycles. The monoisotopic (exact) mass is 510 g/mol. The molecular formula is C29H30N6O3. The van der Waals surface area contributed by atoms with Crippen molar-refractivity contribution in [1.29, 1.82) is 0 Å². The first-order chi connectivity index (χ1) is 18.2. The second kappa shape index (κ2) is 10.0. The van der Waals surface area contributed by atoms with Crippen molar-refractivity contribution in [2.45, 2.75) is 26.8 Å². The standard InChI is InChI=1S/C29H30N6O3/c1-17(2)27(36)32-29-31-26-15-21(11-12-35(26)33-29)20-9-10-25-23(14-20)24(16-34(25)4)28(37)30-18(3)19-7-6-8-22(13-19)38-5/h6-18H,1-5H3,(H,30,37)(H,32,33,36)/t18-/m0/s1. The minimum Gasteiger partial charge on any atom is -0.497 e. The highest BCUT2D eigenvalue weighted by molar-refractivity contribution is 6.08. The van der Waals surface area contributed by atoms with Crippen LogP contribution in [0.4, 0.5) is 5.95 Å². The molecule has 9 nitrogen and oxygen atoms in total. The van der Waals surface area contributed by atoms with E-state index in [-0.39, 0.29) is 29.7 Å². The Morgan fingerprint density at radius 3 is 2.55 bits per heavy atom. The lowest BCUT2D eigenvalue weighted by Gasteiger charge is -2.15. The van der Waals surface area contributed by atoms with Gasteiger partial charge in [-0.25, -0.2) is 4.52 Å². The number of aromatic nitrogens is 4. The van der Waals surface area contributed by atoms with E-state index in [1.54, 1.807) is 17.8 Å². The van der Waals surface area contributed by atoms with E-state index in [9.17, 15) is 9.59 Å². The van der Waals surface area contributed by atoms with Crippen LogP contribution in [-0.4, -0.2) is 38.1 Å². The lowest BCUT2D eigenvalue weighted by molar-refractivity contribution is -0.118. The molecule has 194 valence electrons. The topological polar surface area (TPSA) is 103 Å². The highest BCUT2D eigenvalue weighted by atomic mass is 16.5. The zero-order valence-electron chi connectivity index (χ0n) is 22.0.